The highest BCUT2D eigenvalue weighted by molar-refractivity contribution is 6.32. The Balaban J connectivity index is 1.58. The van der Waals surface area contributed by atoms with Crippen LogP contribution in [-0.4, -0.2) is 19.7 Å². The van der Waals surface area contributed by atoms with Crippen molar-refractivity contribution in [3.8, 4) is 17.4 Å². The summed E-state index contributed by atoms with van der Waals surface area (Å²) in [5, 5.41) is 5.74. The van der Waals surface area contributed by atoms with E-state index in [2.05, 4.69) is 20.5 Å². The van der Waals surface area contributed by atoms with Gasteiger partial charge in [-0.2, -0.15) is 5.10 Å². The second kappa shape index (κ2) is 10.2. The number of pyridine rings is 1. The van der Waals surface area contributed by atoms with E-state index in [1.165, 1.54) is 4.68 Å². The SMILES string of the molecule is Cc1cc(NN)c(N)c2c(=O)oc(-c3cc(COCc4ccc(Cl)cc4)nn3-c3ncccc3Cl)nc12. The van der Waals surface area contributed by atoms with Gasteiger partial charge in [0.05, 0.1) is 40.8 Å². The summed E-state index contributed by atoms with van der Waals surface area (Å²) in [6.45, 7) is 2.31. The van der Waals surface area contributed by atoms with E-state index in [1.807, 2.05) is 12.1 Å². The molecular formula is C25H21Cl2N7O3. The minimum Gasteiger partial charge on any atom is -0.401 e. The summed E-state index contributed by atoms with van der Waals surface area (Å²) < 4.78 is 12.9. The third-order valence-corrected chi connectivity index (χ3v) is 6.19. The van der Waals surface area contributed by atoms with Crippen LogP contribution >= 0.6 is 23.2 Å². The van der Waals surface area contributed by atoms with Crippen molar-refractivity contribution in [2.75, 3.05) is 11.2 Å². The Morgan fingerprint density at radius 1 is 1.14 bits per heavy atom. The number of ether oxygens (including phenoxy) is 1. The first kappa shape index (κ1) is 24.7. The number of fused-ring (bicyclic) bond motifs is 1. The van der Waals surface area contributed by atoms with Gasteiger partial charge in [-0.25, -0.2) is 19.4 Å². The van der Waals surface area contributed by atoms with Crippen molar-refractivity contribution in [1.29, 1.82) is 0 Å². The summed E-state index contributed by atoms with van der Waals surface area (Å²) >= 11 is 12.4. The Hall–Kier alpha value is -3.96. The Morgan fingerprint density at radius 3 is 2.65 bits per heavy atom. The van der Waals surface area contributed by atoms with E-state index in [-0.39, 0.29) is 23.6 Å². The Bertz CT molecular complexity index is 1670. The van der Waals surface area contributed by atoms with Crippen molar-refractivity contribution < 1.29 is 9.15 Å². The number of hydrogen-bond donors (Lipinski definition) is 3. The zero-order chi connectivity index (χ0) is 26.1. The lowest BCUT2D eigenvalue weighted by atomic mass is 10.1. The van der Waals surface area contributed by atoms with Crippen LogP contribution < -0.4 is 22.6 Å². The number of nitrogen functional groups attached to an aromatic ring is 2. The highest BCUT2D eigenvalue weighted by Crippen LogP contribution is 2.31. The molecule has 5 aromatic rings. The molecule has 2 aromatic carbocycles. The second-order valence-electron chi connectivity index (χ2n) is 8.19. The van der Waals surface area contributed by atoms with Gasteiger partial charge in [0.15, 0.2) is 5.82 Å². The fourth-order valence-corrected chi connectivity index (χ4v) is 4.19. The average Bonchev–Trinajstić information content (AvgIpc) is 3.31. The van der Waals surface area contributed by atoms with Crippen molar-refractivity contribution >= 4 is 45.5 Å². The monoisotopic (exact) mass is 537 g/mol. The largest absolute Gasteiger partial charge is 0.401 e. The van der Waals surface area contributed by atoms with E-state index in [9.17, 15) is 4.79 Å². The second-order valence-corrected chi connectivity index (χ2v) is 9.03. The minimum atomic E-state index is -0.668. The molecule has 0 aliphatic heterocycles. The number of hydrazine groups is 1. The van der Waals surface area contributed by atoms with Crippen LogP contribution in [-0.2, 0) is 18.0 Å². The number of nitrogens with one attached hydrogen (secondary N) is 1. The number of hydrogen-bond acceptors (Lipinski definition) is 9. The summed E-state index contributed by atoms with van der Waals surface area (Å²) in [6, 6.07) is 14.2. The molecule has 188 valence electrons. The minimum absolute atomic E-state index is 0.0200. The third-order valence-electron chi connectivity index (χ3n) is 5.64. The smallest absolute Gasteiger partial charge is 0.349 e. The standard InChI is InChI=1S/C25H21Cl2N7O3/c1-13-9-18(32-29)21(28)20-22(13)31-24(37-25(20)35)19-10-16(12-36-11-14-4-6-15(26)7-5-14)33-34(19)23-17(27)3-2-8-30-23/h2-10,32H,11-12,28-29H2,1H3. The molecule has 12 heteroatoms. The Labute approximate surface area is 220 Å². The van der Waals surface area contributed by atoms with Gasteiger partial charge in [0.2, 0.25) is 5.89 Å². The molecule has 0 amide bonds. The zero-order valence-electron chi connectivity index (χ0n) is 19.5. The fourth-order valence-electron chi connectivity index (χ4n) is 3.87. The molecule has 3 heterocycles. The normalized spacial score (nSPS) is 11.2. The van der Waals surface area contributed by atoms with E-state index in [4.69, 9.17) is 43.9 Å². The Kier molecular flexibility index (Phi) is 6.81. The van der Waals surface area contributed by atoms with Gasteiger partial charge >= 0.3 is 5.63 Å². The number of aromatic nitrogens is 4. The van der Waals surface area contributed by atoms with E-state index < -0.39 is 5.63 Å². The maximum atomic E-state index is 13.0. The summed E-state index contributed by atoms with van der Waals surface area (Å²) in [4.78, 5) is 22.0. The quantitative estimate of drug-likeness (QED) is 0.153. The molecular weight excluding hydrogens is 517 g/mol. The number of anilines is 2. The lowest BCUT2D eigenvalue weighted by Gasteiger charge is -2.11. The topological polar surface area (TPSA) is 147 Å². The van der Waals surface area contributed by atoms with Gasteiger partial charge < -0.3 is 20.3 Å². The summed E-state index contributed by atoms with van der Waals surface area (Å²) in [5.74, 6) is 5.89. The van der Waals surface area contributed by atoms with Crippen LogP contribution in [0.1, 0.15) is 16.8 Å². The predicted molar refractivity (Wildman–Crippen MR) is 143 cm³/mol. The molecule has 0 saturated heterocycles. The van der Waals surface area contributed by atoms with Crippen LogP contribution in [0.2, 0.25) is 10.0 Å². The van der Waals surface area contributed by atoms with Crippen molar-refractivity contribution in [3.05, 3.63) is 92.0 Å². The first-order chi connectivity index (χ1) is 17.9. The molecule has 0 fully saturated rings. The molecule has 0 spiro atoms. The van der Waals surface area contributed by atoms with Gasteiger partial charge in [-0.1, -0.05) is 35.3 Å². The summed E-state index contributed by atoms with van der Waals surface area (Å²) in [5.41, 5.74) is 11.4. The van der Waals surface area contributed by atoms with Crippen LogP contribution in [0.5, 0.6) is 0 Å². The molecule has 0 unspecified atom stereocenters. The lowest BCUT2D eigenvalue weighted by molar-refractivity contribution is 0.104. The zero-order valence-corrected chi connectivity index (χ0v) is 21.0. The lowest BCUT2D eigenvalue weighted by Crippen LogP contribution is -2.14. The fraction of sp³-hybridized carbons (Fsp3) is 0.120. The molecule has 0 radical (unpaired) electrons. The van der Waals surface area contributed by atoms with E-state index in [0.717, 1.165) is 5.56 Å². The van der Waals surface area contributed by atoms with Crippen LogP contribution in [0, 0.1) is 6.92 Å². The van der Waals surface area contributed by atoms with Crippen LogP contribution in [0.3, 0.4) is 0 Å². The number of halogens is 2. The van der Waals surface area contributed by atoms with Crippen molar-refractivity contribution in [2.24, 2.45) is 5.84 Å². The van der Waals surface area contributed by atoms with Crippen molar-refractivity contribution in [3.63, 3.8) is 0 Å². The third kappa shape index (κ3) is 4.87. The highest BCUT2D eigenvalue weighted by Gasteiger charge is 2.21. The molecule has 0 saturated carbocycles. The Morgan fingerprint density at radius 2 is 1.92 bits per heavy atom. The van der Waals surface area contributed by atoms with Gasteiger partial charge in [0.1, 0.15) is 11.1 Å². The summed E-state index contributed by atoms with van der Waals surface area (Å²) in [6.07, 6.45) is 1.58. The predicted octanol–water partition coefficient (Wildman–Crippen LogP) is 4.64. The van der Waals surface area contributed by atoms with Gasteiger partial charge in [-0.15, -0.1) is 0 Å². The van der Waals surface area contributed by atoms with Crippen LogP contribution in [0.4, 0.5) is 11.4 Å². The highest BCUT2D eigenvalue weighted by atomic mass is 35.5. The van der Waals surface area contributed by atoms with Gasteiger partial charge in [-0.05, 0) is 54.4 Å². The maximum absolute atomic E-state index is 13.0. The van der Waals surface area contributed by atoms with Crippen molar-refractivity contribution in [2.45, 2.75) is 20.1 Å². The number of aryl methyl sites for hydroxylation is 1. The number of benzene rings is 2. The molecule has 0 bridgehead atoms. The molecule has 5 N–H and O–H groups in total. The first-order valence-electron chi connectivity index (χ1n) is 11.1. The van der Waals surface area contributed by atoms with E-state index >= 15 is 0 Å². The molecule has 0 atom stereocenters. The molecule has 0 aliphatic rings. The van der Waals surface area contributed by atoms with E-state index in [1.54, 1.807) is 49.5 Å². The molecule has 0 aliphatic carbocycles. The summed E-state index contributed by atoms with van der Waals surface area (Å²) in [7, 11) is 0. The van der Waals surface area contributed by atoms with Crippen LogP contribution in [0.25, 0.3) is 28.3 Å². The van der Waals surface area contributed by atoms with Gasteiger partial charge in [0.25, 0.3) is 0 Å². The number of rotatable bonds is 7. The number of nitrogens with zero attached hydrogens (tertiary/aromatic N) is 4. The van der Waals surface area contributed by atoms with Gasteiger partial charge in [-0.3, -0.25) is 5.84 Å². The van der Waals surface area contributed by atoms with Crippen molar-refractivity contribution in [1.82, 2.24) is 19.7 Å². The van der Waals surface area contributed by atoms with E-state index in [0.29, 0.717) is 50.6 Å². The molecule has 3 aromatic heterocycles. The average molecular weight is 538 g/mol. The molecule has 10 nitrogen and oxygen atoms in total. The van der Waals surface area contributed by atoms with Gasteiger partial charge in [0, 0.05) is 11.2 Å². The van der Waals surface area contributed by atoms with Crippen LogP contribution in [0.15, 0.2) is 63.9 Å². The molecule has 37 heavy (non-hydrogen) atoms. The molecule has 5 rings (SSSR count). The maximum Gasteiger partial charge on any atom is 0.349 e. The first-order valence-corrected chi connectivity index (χ1v) is 11.8. The number of nitrogens with two attached hydrogens (primary N) is 2.